The molecular formula is C21H27FN2O3S. The minimum absolute atomic E-state index is 0.254. The topological polar surface area (TPSA) is 66.5 Å². The summed E-state index contributed by atoms with van der Waals surface area (Å²) in [6.45, 7) is 7.62. The largest absolute Gasteiger partial charge is 0.348 e. The Hall–Kier alpha value is -2.41. The number of hydrogen-bond acceptors (Lipinski definition) is 3. The van der Waals surface area contributed by atoms with Crippen LogP contribution >= 0.6 is 0 Å². The number of anilines is 1. The first-order valence-corrected chi connectivity index (χ1v) is 11.0. The first-order chi connectivity index (χ1) is 13.0. The fourth-order valence-corrected chi connectivity index (χ4v) is 4.29. The lowest BCUT2D eigenvalue weighted by molar-refractivity contribution is -0.122. The fraction of sp³-hybridized carbons (Fsp3) is 0.381. The Morgan fingerprint density at radius 1 is 1.11 bits per heavy atom. The number of halogens is 1. The van der Waals surface area contributed by atoms with Gasteiger partial charge in [-0.25, -0.2) is 12.8 Å². The maximum Gasteiger partial charge on any atom is 0.244 e. The highest BCUT2D eigenvalue weighted by Gasteiger charge is 2.32. The molecule has 2 rings (SSSR count). The Morgan fingerprint density at radius 2 is 1.71 bits per heavy atom. The number of nitrogens with one attached hydrogen (secondary N) is 1. The summed E-state index contributed by atoms with van der Waals surface area (Å²) in [6, 6.07) is 9.80. The third-order valence-corrected chi connectivity index (χ3v) is 5.98. The first kappa shape index (κ1) is 21.9. The molecule has 0 saturated carbocycles. The molecule has 0 saturated heterocycles. The smallest absolute Gasteiger partial charge is 0.244 e. The summed E-state index contributed by atoms with van der Waals surface area (Å²) in [5, 5.41) is 2.91. The highest BCUT2D eigenvalue weighted by molar-refractivity contribution is 7.92. The van der Waals surface area contributed by atoms with Gasteiger partial charge in [-0.05, 0) is 68.1 Å². The molecule has 0 aliphatic rings. The van der Waals surface area contributed by atoms with Crippen molar-refractivity contribution in [3.8, 4) is 0 Å². The van der Waals surface area contributed by atoms with Crippen LogP contribution in [0.15, 0.2) is 42.5 Å². The molecule has 152 valence electrons. The van der Waals surface area contributed by atoms with Crippen LogP contribution in [0.3, 0.4) is 0 Å². The van der Waals surface area contributed by atoms with E-state index in [2.05, 4.69) is 5.32 Å². The van der Waals surface area contributed by atoms with Gasteiger partial charge in [0.05, 0.1) is 18.0 Å². The van der Waals surface area contributed by atoms with Crippen LogP contribution in [0.1, 0.15) is 43.0 Å². The minimum atomic E-state index is -3.75. The molecule has 0 radical (unpaired) electrons. The summed E-state index contributed by atoms with van der Waals surface area (Å²) in [5.41, 5.74) is 3.48. The molecular weight excluding hydrogens is 379 g/mol. The number of hydrogen-bond donors (Lipinski definition) is 1. The molecule has 1 N–H and O–H groups in total. The Bertz CT molecular complexity index is 943. The Balaban J connectivity index is 2.30. The lowest BCUT2D eigenvalue weighted by Crippen LogP contribution is -2.49. The van der Waals surface area contributed by atoms with Gasteiger partial charge in [-0.1, -0.05) is 25.1 Å². The quantitative estimate of drug-likeness (QED) is 0.759. The Labute approximate surface area is 166 Å². The van der Waals surface area contributed by atoms with Crippen LogP contribution in [-0.2, 0) is 14.8 Å². The van der Waals surface area contributed by atoms with Crippen molar-refractivity contribution in [2.45, 2.75) is 46.2 Å². The summed E-state index contributed by atoms with van der Waals surface area (Å²) in [4.78, 5) is 12.9. The van der Waals surface area contributed by atoms with Gasteiger partial charge >= 0.3 is 0 Å². The van der Waals surface area contributed by atoms with Gasteiger partial charge in [0.25, 0.3) is 0 Å². The van der Waals surface area contributed by atoms with E-state index in [9.17, 15) is 17.6 Å². The van der Waals surface area contributed by atoms with Crippen molar-refractivity contribution in [2.75, 3.05) is 10.6 Å². The molecule has 0 unspecified atom stereocenters. The number of aryl methyl sites for hydroxylation is 2. The third kappa shape index (κ3) is 5.10. The lowest BCUT2D eigenvalue weighted by Gasteiger charge is -2.31. The zero-order chi connectivity index (χ0) is 21.1. The van der Waals surface area contributed by atoms with Gasteiger partial charge in [-0.3, -0.25) is 9.10 Å². The fourth-order valence-electron chi connectivity index (χ4n) is 3.08. The molecule has 2 aromatic carbocycles. The summed E-state index contributed by atoms with van der Waals surface area (Å²) >= 11 is 0. The average Bonchev–Trinajstić information content (AvgIpc) is 2.61. The highest BCUT2D eigenvalue weighted by atomic mass is 32.2. The number of benzene rings is 2. The van der Waals surface area contributed by atoms with E-state index in [1.807, 2.05) is 39.0 Å². The van der Waals surface area contributed by atoms with Crippen molar-refractivity contribution in [3.63, 3.8) is 0 Å². The summed E-state index contributed by atoms with van der Waals surface area (Å²) in [5.74, 6) is -0.874. The number of sulfonamides is 1. The second-order valence-corrected chi connectivity index (χ2v) is 8.89. The molecule has 2 aromatic rings. The summed E-state index contributed by atoms with van der Waals surface area (Å²) in [6.07, 6.45) is 1.31. The summed E-state index contributed by atoms with van der Waals surface area (Å²) < 4.78 is 39.1. The SMILES string of the molecule is CC[C@@H](C(=O)N[C@H](C)c1ccc(C)c(C)c1)N(c1ccc(F)cc1)S(C)(=O)=O. The van der Waals surface area contributed by atoms with E-state index in [0.717, 1.165) is 27.3 Å². The van der Waals surface area contributed by atoms with E-state index >= 15 is 0 Å². The zero-order valence-electron chi connectivity index (χ0n) is 16.9. The van der Waals surface area contributed by atoms with Gasteiger partial charge in [-0.2, -0.15) is 0 Å². The molecule has 0 aromatic heterocycles. The van der Waals surface area contributed by atoms with Crippen LogP contribution in [0.2, 0.25) is 0 Å². The van der Waals surface area contributed by atoms with Crippen molar-refractivity contribution < 1.29 is 17.6 Å². The third-order valence-electron chi connectivity index (χ3n) is 4.80. The number of nitrogens with zero attached hydrogens (tertiary/aromatic N) is 1. The zero-order valence-corrected chi connectivity index (χ0v) is 17.7. The monoisotopic (exact) mass is 406 g/mol. The van der Waals surface area contributed by atoms with Crippen LogP contribution in [0.25, 0.3) is 0 Å². The van der Waals surface area contributed by atoms with Gasteiger partial charge in [0.2, 0.25) is 15.9 Å². The van der Waals surface area contributed by atoms with Crippen LogP contribution in [0.5, 0.6) is 0 Å². The van der Waals surface area contributed by atoms with Crippen LogP contribution in [-0.4, -0.2) is 26.6 Å². The number of carbonyl (C=O) groups is 1. The second kappa shape index (κ2) is 8.73. The molecule has 0 spiro atoms. The first-order valence-electron chi connectivity index (χ1n) is 9.17. The predicted molar refractivity (Wildman–Crippen MR) is 110 cm³/mol. The van der Waals surface area contributed by atoms with Crippen LogP contribution in [0.4, 0.5) is 10.1 Å². The number of carbonyl (C=O) groups excluding carboxylic acids is 1. The normalized spacial score (nSPS) is 13.6. The molecule has 0 aliphatic carbocycles. The van der Waals surface area contributed by atoms with E-state index in [1.165, 1.54) is 24.3 Å². The standard InChI is InChI=1S/C21H27FN2O3S/c1-6-20(24(28(5,26)27)19-11-9-18(22)10-12-19)21(25)23-16(4)17-8-7-14(2)15(3)13-17/h7-13,16,20H,6H2,1-5H3,(H,23,25)/t16-,20+/m1/s1. The van der Waals surface area contributed by atoms with E-state index in [-0.39, 0.29) is 18.2 Å². The van der Waals surface area contributed by atoms with Gasteiger partial charge < -0.3 is 5.32 Å². The van der Waals surface area contributed by atoms with E-state index in [4.69, 9.17) is 0 Å². The van der Waals surface area contributed by atoms with Gasteiger partial charge in [0, 0.05) is 0 Å². The molecule has 0 aliphatic heterocycles. The molecule has 28 heavy (non-hydrogen) atoms. The molecule has 0 bridgehead atoms. The van der Waals surface area contributed by atoms with Crippen molar-refractivity contribution in [1.29, 1.82) is 0 Å². The van der Waals surface area contributed by atoms with Gasteiger partial charge in [-0.15, -0.1) is 0 Å². The highest BCUT2D eigenvalue weighted by Crippen LogP contribution is 2.24. The molecule has 5 nitrogen and oxygen atoms in total. The number of rotatable bonds is 7. The number of amides is 1. The second-order valence-electron chi connectivity index (χ2n) is 7.03. The maximum absolute atomic E-state index is 13.3. The van der Waals surface area contributed by atoms with E-state index in [0.29, 0.717) is 0 Å². The molecule has 2 atom stereocenters. The van der Waals surface area contributed by atoms with Gasteiger partial charge in [0.15, 0.2) is 0 Å². The van der Waals surface area contributed by atoms with Crippen molar-refractivity contribution in [2.24, 2.45) is 0 Å². The van der Waals surface area contributed by atoms with E-state index < -0.39 is 27.8 Å². The molecule has 7 heteroatoms. The van der Waals surface area contributed by atoms with Gasteiger partial charge in [0.1, 0.15) is 11.9 Å². The van der Waals surface area contributed by atoms with Crippen LogP contribution < -0.4 is 9.62 Å². The predicted octanol–water partition coefficient (Wildman–Crippen LogP) is 3.86. The average molecular weight is 407 g/mol. The molecule has 0 heterocycles. The Kier molecular flexibility index (Phi) is 6.82. The van der Waals surface area contributed by atoms with E-state index in [1.54, 1.807) is 6.92 Å². The molecule has 0 fully saturated rings. The lowest BCUT2D eigenvalue weighted by atomic mass is 10.0. The van der Waals surface area contributed by atoms with Crippen molar-refractivity contribution >= 4 is 21.6 Å². The summed E-state index contributed by atoms with van der Waals surface area (Å²) in [7, 11) is -3.75. The van der Waals surface area contributed by atoms with Crippen molar-refractivity contribution in [3.05, 3.63) is 65.0 Å². The van der Waals surface area contributed by atoms with Crippen molar-refractivity contribution in [1.82, 2.24) is 5.32 Å². The van der Waals surface area contributed by atoms with Crippen LogP contribution in [0, 0.1) is 19.7 Å². The Morgan fingerprint density at radius 3 is 2.21 bits per heavy atom. The minimum Gasteiger partial charge on any atom is -0.348 e. The molecule has 1 amide bonds. The maximum atomic E-state index is 13.3.